The lowest BCUT2D eigenvalue weighted by Gasteiger charge is -2.36. The fourth-order valence-corrected chi connectivity index (χ4v) is 6.05. The summed E-state index contributed by atoms with van der Waals surface area (Å²) in [6, 6.07) is 25.2. The van der Waals surface area contributed by atoms with E-state index in [1.54, 1.807) is 7.11 Å². The Labute approximate surface area is 238 Å². The van der Waals surface area contributed by atoms with E-state index in [1.165, 1.54) is 16.7 Å². The van der Waals surface area contributed by atoms with Crippen molar-refractivity contribution in [1.29, 1.82) is 0 Å². The molecule has 1 fully saturated rings. The Bertz CT molecular complexity index is 1270. The molecule has 5 rings (SSSR count). The van der Waals surface area contributed by atoms with E-state index in [2.05, 4.69) is 85.7 Å². The van der Waals surface area contributed by atoms with Crippen LogP contribution in [0.4, 0.5) is 0 Å². The predicted octanol–water partition coefficient (Wildman–Crippen LogP) is 6.56. The largest absolute Gasteiger partial charge is 0.454 e. The van der Waals surface area contributed by atoms with Crippen LogP contribution < -0.4 is 14.8 Å². The van der Waals surface area contributed by atoms with Gasteiger partial charge in [0.05, 0.1) is 12.6 Å². The average molecular weight is 543 g/mol. The number of hydrogen-bond donors (Lipinski definition) is 1. The topological polar surface area (TPSA) is 60.0 Å². The molecule has 0 radical (unpaired) electrons. The first kappa shape index (κ1) is 28.2. The van der Waals surface area contributed by atoms with Gasteiger partial charge in [-0.05, 0) is 74.0 Å². The molecule has 1 aliphatic carbocycles. The molecule has 1 amide bonds. The number of carbonyl (C=O) groups is 1. The number of rotatable bonds is 10. The summed E-state index contributed by atoms with van der Waals surface area (Å²) in [7, 11) is 3.84. The Morgan fingerprint density at radius 1 is 1.00 bits per heavy atom. The van der Waals surface area contributed by atoms with E-state index in [0.29, 0.717) is 12.4 Å². The molecule has 1 saturated carbocycles. The highest BCUT2D eigenvalue weighted by molar-refractivity contribution is 5.80. The van der Waals surface area contributed by atoms with E-state index in [9.17, 15) is 4.79 Å². The Morgan fingerprint density at radius 3 is 2.48 bits per heavy atom. The van der Waals surface area contributed by atoms with E-state index in [1.807, 2.05) is 18.2 Å². The molecular weight excluding hydrogens is 500 g/mol. The van der Waals surface area contributed by atoms with Crippen molar-refractivity contribution in [2.75, 3.05) is 27.6 Å². The Balaban J connectivity index is 1.27. The van der Waals surface area contributed by atoms with Crippen LogP contribution in [0, 0.1) is 5.92 Å². The Hall–Kier alpha value is -3.35. The molecule has 2 aliphatic rings. The summed E-state index contributed by atoms with van der Waals surface area (Å²) in [5, 5.41) is 3.30. The molecule has 6 nitrogen and oxygen atoms in total. The van der Waals surface area contributed by atoms with Crippen molar-refractivity contribution in [2.45, 2.75) is 63.6 Å². The van der Waals surface area contributed by atoms with Crippen LogP contribution in [0.3, 0.4) is 0 Å². The Kier molecular flexibility index (Phi) is 8.77. The minimum Gasteiger partial charge on any atom is -0.454 e. The van der Waals surface area contributed by atoms with E-state index < -0.39 is 0 Å². The summed E-state index contributed by atoms with van der Waals surface area (Å²) in [4.78, 5) is 16.1. The third kappa shape index (κ3) is 6.18. The summed E-state index contributed by atoms with van der Waals surface area (Å²) in [6.07, 6.45) is 4.14. The summed E-state index contributed by atoms with van der Waals surface area (Å²) in [6.45, 7) is 6.00. The monoisotopic (exact) mass is 542 g/mol. The second-order valence-corrected chi connectivity index (χ2v) is 11.6. The predicted molar refractivity (Wildman–Crippen MR) is 157 cm³/mol. The first-order valence-electron chi connectivity index (χ1n) is 14.4. The van der Waals surface area contributed by atoms with Gasteiger partial charge in [0.1, 0.15) is 0 Å². The molecule has 1 aliphatic heterocycles. The lowest BCUT2D eigenvalue weighted by molar-refractivity contribution is -0.127. The molecule has 0 bridgehead atoms. The van der Waals surface area contributed by atoms with Crippen molar-refractivity contribution in [2.24, 2.45) is 5.92 Å². The van der Waals surface area contributed by atoms with Crippen LogP contribution in [0.5, 0.6) is 11.5 Å². The van der Waals surface area contributed by atoms with Gasteiger partial charge in [0.25, 0.3) is 0 Å². The summed E-state index contributed by atoms with van der Waals surface area (Å²) >= 11 is 0. The minimum atomic E-state index is -0.250. The quantitative estimate of drug-likeness (QED) is 0.314. The molecule has 1 heterocycles. The maximum absolute atomic E-state index is 13.7. The van der Waals surface area contributed by atoms with Gasteiger partial charge in [-0.2, -0.15) is 0 Å². The molecule has 0 aromatic heterocycles. The van der Waals surface area contributed by atoms with Gasteiger partial charge in [-0.1, -0.05) is 73.5 Å². The number of nitrogens with one attached hydrogen (secondary N) is 1. The normalized spacial score (nSPS) is 19.4. The zero-order valence-corrected chi connectivity index (χ0v) is 24.2. The number of hydrogen-bond acceptors (Lipinski definition) is 5. The van der Waals surface area contributed by atoms with Crippen molar-refractivity contribution < 1.29 is 19.0 Å². The lowest BCUT2D eigenvalue weighted by atomic mass is 9.74. The summed E-state index contributed by atoms with van der Waals surface area (Å²) in [5.41, 5.74) is 4.70. The van der Waals surface area contributed by atoms with Gasteiger partial charge in [-0.25, -0.2) is 0 Å². The second kappa shape index (κ2) is 12.4. The highest BCUT2D eigenvalue weighted by Crippen LogP contribution is 2.39. The number of nitrogens with zero attached hydrogens (tertiary/aromatic N) is 1. The van der Waals surface area contributed by atoms with Crippen molar-refractivity contribution >= 4 is 5.91 Å². The molecule has 40 heavy (non-hydrogen) atoms. The first-order valence-corrected chi connectivity index (χ1v) is 14.4. The van der Waals surface area contributed by atoms with Crippen LogP contribution in [0.15, 0.2) is 72.8 Å². The summed E-state index contributed by atoms with van der Waals surface area (Å²) < 4.78 is 16.5. The SMILES string of the molecule is COCC(NC(=O)[C@H]1CCCC[C@@H]1c1ccc(CN(C)C(C)(C)c2ccccc2)cc1)c1ccc2c(c1)OCO2. The first-order chi connectivity index (χ1) is 19.4. The van der Waals surface area contributed by atoms with Crippen LogP contribution in [0.2, 0.25) is 0 Å². The van der Waals surface area contributed by atoms with Crippen LogP contribution in [0.1, 0.15) is 73.7 Å². The van der Waals surface area contributed by atoms with Crippen LogP contribution in [0.25, 0.3) is 0 Å². The molecule has 1 unspecified atom stereocenters. The van der Waals surface area contributed by atoms with Crippen molar-refractivity contribution in [1.82, 2.24) is 10.2 Å². The van der Waals surface area contributed by atoms with E-state index in [-0.39, 0.29) is 36.1 Å². The number of ether oxygens (including phenoxy) is 3. The van der Waals surface area contributed by atoms with Gasteiger partial charge >= 0.3 is 0 Å². The highest BCUT2D eigenvalue weighted by Gasteiger charge is 2.33. The van der Waals surface area contributed by atoms with Crippen LogP contribution in [-0.2, 0) is 21.6 Å². The van der Waals surface area contributed by atoms with E-state index in [0.717, 1.165) is 43.5 Å². The van der Waals surface area contributed by atoms with Crippen molar-refractivity contribution in [3.05, 3.63) is 95.1 Å². The van der Waals surface area contributed by atoms with Crippen LogP contribution >= 0.6 is 0 Å². The molecule has 3 aromatic rings. The fraction of sp³-hybridized carbons (Fsp3) is 0.441. The smallest absolute Gasteiger partial charge is 0.231 e. The third-order valence-electron chi connectivity index (χ3n) is 8.81. The number of methoxy groups -OCH3 is 1. The molecule has 3 atom stereocenters. The Morgan fingerprint density at radius 2 is 1.73 bits per heavy atom. The lowest BCUT2D eigenvalue weighted by Crippen LogP contribution is -2.39. The molecule has 3 aromatic carbocycles. The molecule has 0 spiro atoms. The average Bonchev–Trinajstić information content (AvgIpc) is 3.46. The maximum atomic E-state index is 13.7. The van der Waals surface area contributed by atoms with Gasteiger partial charge in [-0.3, -0.25) is 9.69 Å². The van der Waals surface area contributed by atoms with Gasteiger partial charge in [-0.15, -0.1) is 0 Å². The number of carbonyl (C=O) groups excluding carboxylic acids is 1. The molecule has 212 valence electrons. The van der Waals surface area contributed by atoms with Gasteiger partial charge in [0, 0.05) is 25.1 Å². The summed E-state index contributed by atoms with van der Waals surface area (Å²) in [5.74, 6) is 1.69. The van der Waals surface area contributed by atoms with E-state index >= 15 is 0 Å². The molecular formula is C34H42N2O4. The number of benzene rings is 3. The maximum Gasteiger partial charge on any atom is 0.231 e. The molecule has 1 N–H and O–H groups in total. The molecule has 0 saturated heterocycles. The number of amides is 1. The van der Waals surface area contributed by atoms with Gasteiger partial charge in [0.2, 0.25) is 12.7 Å². The van der Waals surface area contributed by atoms with E-state index in [4.69, 9.17) is 14.2 Å². The van der Waals surface area contributed by atoms with Crippen LogP contribution in [-0.4, -0.2) is 38.4 Å². The fourth-order valence-electron chi connectivity index (χ4n) is 6.05. The zero-order chi connectivity index (χ0) is 28.1. The second-order valence-electron chi connectivity index (χ2n) is 11.6. The highest BCUT2D eigenvalue weighted by atomic mass is 16.7. The number of fused-ring (bicyclic) bond motifs is 1. The minimum absolute atomic E-state index is 0.0624. The van der Waals surface area contributed by atoms with Gasteiger partial charge in [0.15, 0.2) is 11.5 Å². The van der Waals surface area contributed by atoms with Crippen molar-refractivity contribution in [3.8, 4) is 11.5 Å². The third-order valence-corrected chi connectivity index (χ3v) is 8.81. The zero-order valence-electron chi connectivity index (χ0n) is 24.2. The van der Waals surface area contributed by atoms with Crippen molar-refractivity contribution in [3.63, 3.8) is 0 Å². The molecule has 6 heteroatoms. The standard InChI is InChI=1S/C34H42N2O4/c1-34(2,27-10-6-5-7-11-27)36(3)21-24-14-16-25(17-15-24)28-12-8-9-13-29(28)33(37)35-30(22-38-4)26-18-19-31-32(20-26)40-23-39-31/h5-7,10-11,14-20,28-30H,8-9,12-13,21-23H2,1-4H3,(H,35,37)/t28-,29+,30?/m1/s1. The van der Waals surface area contributed by atoms with Gasteiger partial charge < -0.3 is 19.5 Å².